The topological polar surface area (TPSA) is 50.1 Å². The Morgan fingerprint density at radius 3 is 2.60 bits per heavy atom. The zero-order chi connectivity index (χ0) is 11.4. The standard InChI is InChI=1S/C11H17N3S/c1-7(2)9-5-4-8(3)6-10(9)13-11(15)14-12/h4-7H,12H2,1-3H3,(H2,13,14,15). The Bertz CT molecular complexity index is 361. The van der Waals surface area contributed by atoms with Crippen LogP contribution in [-0.2, 0) is 0 Å². The van der Waals surface area contributed by atoms with Crippen LogP contribution in [0.4, 0.5) is 5.69 Å². The quantitative estimate of drug-likeness (QED) is 0.409. The van der Waals surface area contributed by atoms with Crippen molar-refractivity contribution in [2.24, 2.45) is 5.84 Å². The van der Waals surface area contributed by atoms with E-state index in [0.717, 1.165) is 5.69 Å². The molecule has 0 radical (unpaired) electrons. The van der Waals surface area contributed by atoms with E-state index in [0.29, 0.717) is 11.0 Å². The molecule has 0 atom stereocenters. The van der Waals surface area contributed by atoms with Crippen LogP contribution in [0, 0.1) is 6.92 Å². The molecule has 1 aromatic carbocycles. The molecule has 0 spiro atoms. The van der Waals surface area contributed by atoms with Crippen LogP contribution >= 0.6 is 12.2 Å². The summed E-state index contributed by atoms with van der Waals surface area (Å²) < 4.78 is 0. The first-order chi connectivity index (χ1) is 7.04. The predicted molar refractivity (Wildman–Crippen MR) is 68.8 cm³/mol. The molecule has 0 fully saturated rings. The first-order valence-electron chi connectivity index (χ1n) is 4.92. The highest BCUT2D eigenvalue weighted by Crippen LogP contribution is 2.25. The third-order valence-electron chi connectivity index (χ3n) is 2.21. The van der Waals surface area contributed by atoms with Gasteiger partial charge >= 0.3 is 0 Å². The van der Waals surface area contributed by atoms with Crippen molar-refractivity contribution in [3.05, 3.63) is 29.3 Å². The van der Waals surface area contributed by atoms with Crippen LogP contribution in [0.25, 0.3) is 0 Å². The Kier molecular flexibility index (Phi) is 4.05. The molecule has 0 aliphatic heterocycles. The van der Waals surface area contributed by atoms with E-state index in [4.69, 9.17) is 18.1 Å². The van der Waals surface area contributed by atoms with Crippen LogP contribution in [0.5, 0.6) is 0 Å². The van der Waals surface area contributed by atoms with Gasteiger partial charge in [-0.25, -0.2) is 5.84 Å². The molecule has 82 valence electrons. The number of thiocarbonyl (C=S) groups is 1. The van der Waals surface area contributed by atoms with Crippen molar-refractivity contribution in [2.45, 2.75) is 26.7 Å². The Hall–Kier alpha value is -1.13. The summed E-state index contributed by atoms with van der Waals surface area (Å²) in [5.74, 6) is 5.68. The highest BCUT2D eigenvalue weighted by Gasteiger charge is 2.07. The first kappa shape index (κ1) is 11.9. The summed E-state index contributed by atoms with van der Waals surface area (Å²) in [7, 11) is 0. The molecule has 0 aliphatic rings. The Morgan fingerprint density at radius 1 is 1.40 bits per heavy atom. The van der Waals surface area contributed by atoms with Gasteiger partial charge < -0.3 is 10.7 Å². The summed E-state index contributed by atoms with van der Waals surface area (Å²) in [6, 6.07) is 6.28. The summed E-state index contributed by atoms with van der Waals surface area (Å²) in [4.78, 5) is 0. The number of hydrogen-bond acceptors (Lipinski definition) is 2. The molecule has 0 saturated heterocycles. The van der Waals surface area contributed by atoms with Crippen molar-refractivity contribution in [1.82, 2.24) is 5.43 Å². The fraction of sp³-hybridized carbons (Fsp3) is 0.364. The van der Waals surface area contributed by atoms with Gasteiger partial charge in [0.25, 0.3) is 0 Å². The van der Waals surface area contributed by atoms with Crippen LogP contribution < -0.4 is 16.6 Å². The highest BCUT2D eigenvalue weighted by molar-refractivity contribution is 7.80. The van der Waals surface area contributed by atoms with E-state index in [2.05, 4.69) is 42.8 Å². The van der Waals surface area contributed by atoms with Gasteiger partial charge in [-0.15, -0.1) is 0 Å². The average molecular weight is 223 g/mol. The summed E-state index contributed by atoms with van der Waals surface area (Å²) in [5, 5.41) is 3.51. The number of aryl methyl sites for hydroxylation is 1. The summed E-state index contributed by atoms with van der Waals surface area (Å²) in [5.41, 5.74) is 5.87. The SMILES string of the molecule is Cc1ccc(C(C)C)c(NC(=S)NN)c1. The first-order valence-corrected chi connectivity index (χ1v) is 5.33. The van der Waals surface area contributed by atoms with Crippen LogP contribution in [-0.4, -0.2) is 5.11 Å². The number of hydrazine groups is 1. The van der Waals surface area contributed by atoms with E-state index < -0.39 is 0 Å². The monoisotopic (exact) mass is 223 g/mol. The second-order valence-electron chi connectivity index (χ2n) is 3.84. The average Bonchev–Trinajstić information content (AvgIpc) is 2.17. The van der Waals surface area contributed by atoms with E-state index >= 15 is 0 Å². The van der Waals surface area contributed by atoms with Crippen molar-refractivity contribution < 1.29 is 0 Å². The van der Waals surface area contributed by atoms with Gasteiger partial charge in [-0.1, -0.05) is 26.0 Å². The molecule has 0 aromatic heterocycles. The van der Waals surface area contributed by atoms with Crippen molar-refractivity contribution in [2.75, 3.05) is 5.32 Å². The van der Waals surface area contributed by atoms with Crippen molar-refractivity contribution in [1.29, 1.82) is 0 Å². The molecule has 0 amide bonds. The van der Waals surface area contributed by atoms with Crippen LogP contribution in [0.15, 0.2) is 18.2 Å². The highest BCUT2D eigenvalue weighted by atomic mass is 32.1. The van der Waals surface area contributed by atoms with Crippen molar-refractivity contribution >= 4 is 23.0 Å². The molecule has 1 rings (SSSR count). The van der Waals surface area contributed by atoms with E-state index in [1.165, 1.54) is 11.1 Å². The molecule has 0 aliphatic carbocycles. The largest absolute Gasteiger partial charge is 0.331 e. The minimum atomic E-state index is 0.433. The van der Waals surface area contributed by atoms with Gasteiger partial charge in [0, 0.05) is 5.69 Å². The lowest BCUT2D eigenvalue weighted by atomic mass is 9.99. The summed E-state index contributed by atoms with van der Waals surface area (Å²) in [6.45, 7) is 6.34. The number of nitrogens with one attached hydrogen (secondary N) is 2. The number of hydrogen-bond donors (Lipinski definition) is 3. The molecule has 0 bridgehead atoms. The number of rotatable bonds is 2. The zero-order valence-corrected chi connectivity index (χ0v) is 10.1. The number of benzene rings is 1. The van der Waals surface area contributed by atoms with E-state index in [-0.39, 0.29) is 0 Å². The van der Waals surface area contributed by atoms with Crippen LogP contribution in [0.2, 0.25) is 0 Å². The van der Waals surface area contributed by atoms with E-state index in [1.54, 1.807) is 0 Å². The molecule has 0 heterocycles. The lowest BCUT2D eigenvalue weighted by Gasteiger charge is -2.15. The Balaban J connectivity index is 3.02. The Morgan fingerprint density at radius 2 is 2.07 bits per heavy atom. The maximum atomic E-state index is 5.23. The maximum Gasteiger partial charge on any atom is 0.185 e. The van der Waals surface area contributed by atoms with Crippen molar-refractivity contribution in [3.8, 4) is 0 Å². The normalized spacial score (nSPS) is 10.2. The fourth-order valence-corrected chi connectivity index (χ4v) is 1.55. The van der Waals surface area contributed by atoms with Crippen molar-refractivity contribution in [3.63, 3.8) is 0 Å². The molecular formula is C11H17N3S. The smallest absolute Gasteiger partial charge is 0.185 e. The molecule has 1 aromatic rings. The van der Waals surface area contributed by atoms with Gasteiger partial charge in [-0.3, -0.25) is 0 Å². The lowest BCUT2D eigenvalue weighted by molar-refractivity contribution is 0.868. The molecule has 0 unspecified atom stereocenters. The van der Waals surface area contributed by atoms with Crippen LogP contribution in [0.1, 0.15) is 30.9 Å². The third kappa shape index (κ3) is 3.18. The summed E-state index contributed by atoms with van der Waals surface area (Å²) in [6.07, 6.45) is 0. The van der Waals surface area contributed by atoms with Gasteiger partial charge in [0.1, 0.15) is 0 Å². The maximum absolute atomic E-state index is 5.23. The second-order valence-corrected chi connectivity index (χ2v) is 4.25. The molecule has 15 heavy (non-hydrogen) atoms. The number of nitrogens with two attached hydrogens (primary N) is 1. The predicted octanol–water partition coefficient (Wildman–Crippen LogP) is 2.28. The fourth-order valence-electron chi connectivity index (χ4n) is 1.44. The van der Waals surface area contributed by atoms with Gasteiger partial charge in [0.15, 0.2) is 5.11 Å². The van der Waals surface area contributed by atoms with Gasteiger partial charge in [-0.05, 0) is 42.3 Å². The number of anilines is 1. The van der Waals surface area contributed by atoms with Gasteiger partial charge in [0.05, 0.1) is 0 Å². The molecule has 0 saturated carbocycles. The minimum Gasteiger partial charge on any atom is -0.331 e. The molecule has 4 heteroatoms. The molecule has 3 nitrogen and oxygen atoms in total. The molecule has 4 N–H and O–H groups in total. The summed E-state index contributed by atoms with van der Waals surface area (Å²) >= 11 is 4.98. The zero-order valence-electron chi connectivity index (χ0n) is 9.29. The minimum absolute atomic E-state index is 0.433. The van der Waals surface area contributed by atoms with Gasteiger partial charge in [0.2, 0.25) is 0 Å². The van der Waals surface area contributed by atoms with E-state index in [1.807, 2.05) is 6.92 Å². The Labute approximate surface area is 96.0 Å². The van der Waals surface area contributed by atoms with Crippen LogP contribution in [0.3, 0.4) is 0 Å². The third-order valence-corrected chi connectivity index (χ3v) is 2.43. The second kappa shape index (κ2) is 5.09. The van der Waals surface area contributed by atoms with Gasteiger partial charge in [-0.2, -0.15) is 0 Å². The lowest BCUT2D eigenvalue weighted by Crippen LogP contribution is -2.34. The van der Waals surface area contributed by atoms with E-state index in [9.17, 15) is 0 Å². The molecular weight excluding hydrogens is 206 g/mol.